The molecule has 0 aliphatic heterocycles. The molecule has 2 bridgehead atoms. The van der Waals surface area contributed by atoms with Gasteiger partial charge in [-0.3, -0.25) is 4.79 Å². The highest BCUT2D eigenvalue weighted by atomic mass is 16.4. The summed E-state index contributed by atoms with van der Waals surface area (Å²) in [7, 11) is 0. The fourth-order valence-electron chi connectivity index (χ4n) is 2.86. The average Bonchev–Trinajstić information content (AvgIpc) is 2.88. The number of hydrogen-bond acceptors (Lipinski definition) is 4. The van der Waals surface area contributed by atoms with Crippen LogP contribution in [-0.2, 0) is 4.79 Å². The van der Waals surface area contributed by atoms with E-state index in [2.05, 4.69) is 6.08 Å². The van der Waals surface area contributed by atoms with Crippen molar-refractivity contribution in [2.24, 2.45) is 23.5 Å². The Labute approximate surface area is 93.6 Å². The summed E-state index contributed by atoms with van der Waals surface area (Å²) in [6, 6.07) is 0. The van der Waals surface area contributed by atoms with Gasteiger partial charge in [0.2, 0.25) is 0 Å². The van der Waals surface area contributed by atoms with Crippen molar-refractivity contribution < 1.29 is 20.1 Å². The fraction of sp³-hybridized carbons (Fsp3) is 0.727. The molecule has 5 heteroatoms. The number of fused-ring (bicyclic) bond motifs is 2. The number of carboxylic acids is 1. The topological polar surface area (TPSA) is 104 Å². The van der Waals surface area contributed by atoms with Gasteiger partial charge in [-0.05, 0) is 30.6 Å². The van der Waals surface area contributed by atoms with Crippen molar-refractivity contribution in [3.63, 3.8) is 0 Å². The predicted octanol–water partition coefficient (Wildman–Crippen LogP) is -0.666. The molecule has 5 atom stereocenters. The van der Waals surface area contributed by atoms with Crippen molar-refractivity contribution >= 4 is 5.97 Å². The minimum absolute atomic E-state index is 0.150. The predicted molar refractivity (Wildman–Crippen MR) is 56.5 cm³/mol. The second kappa shape index (κ2) is 3.84. The van der Waals surface area contributed by atoms with Gasteiger partial charge >= 0.3 is 5.97 Å². The maximum atomic E-state index is 11.0. The van der Waals surface area contributed by atoms with Gasteiger partial charge in [0.25, 0.3) is 0 Å². The number of nitrogens with two attached hydrogens (primary N) is 1. The molecule has 5 N–H and O–H groups in total. The highest BCUT2D eigenvalue weighted by Gasteiger charge is 2.50. The van der Waals surface area contributed by atoms with E-state index in [-0.39, 0.29) is 11.8 Å². The summed E-state index contributed by atoms with van der Waals surface area (Å²) >= 11 is 0. The highest BCUT2D eigenvalue weighted by molar-refractivity contribution is 5.79. The van der Waals surface area contributed by atoms with Crippen LogP contribution in [0.3, 0.4) is 0 Å². The zero-order valence-corrected chi connectivity index (χ0v) is 8.91. The molecule has 16 heavy (non-hydrogen) atoms. The first-order chi connectivity index (χ1) is 7.49. The highest BCUT2D eigenvalue weighted by Crippen LogP contribution is 2.46. The molecular formula is C11H17NO4. The first-order valence-corrected chi connectivity index (χ1v) is 5.48. The van der Waals surface area contributed by atoms with Crippen LogP contribution in [-0.4, -0.2) is 39.5 Å². The minimum atomic E-state index is -1.94. The Bertz CT molecular complexity index is 330. The maximum Gasteiger partial charge on any atom is 0.328 e. The summed E-state index contributed by atoms with van der Waals surface area (Å²) in [5.74, 6) is -0.868. The maximum absolute atomic E-state index is 11.0. The van der Waals surface area contributed by atoms with Crippen LogP contribution >= 0.6 is 0 Å². The largest absolute Gasteiger partial charge is 0.480 e. The van der Waals surface area contributed by atoms with Crippen LogP contribution in [0.4, 0.5) is 0 Å². The number of rotatable bonds is 4. The summed E-state index contributed by atoms with van der Waals surface area (Å²) in [5, 5.41) is 28.1. The quantitative estimate of drug-likeness (QED) is 0.477. The van der Waals surface area contributed by atoms with Gasteiger partial charge in [0.05, 0.1) is 12.7 Å². The Balaban J connectivity index is 2.15. The van der Waals surface area contributed by atoms with Crippen LogP contribution in [0.1, 0.15) is 12.8 Å². The van der Waals surface area contributed by atoms with Gasteiger partial charge < -0.3 is 21.1 Å². The number of aliphatic carboxylic acids is 1. The average molecular weight is 227 g/mol. The standard InChI is InChI=1S/C11H17NO4/c12-11(5-13,10(15)16)9(14)8-4-6-1-2-7(8)3-6/h1-2,6-9,13-14H,3-5,12H2,(H,15,16)/t6?,7?,8?,9?,11-/m1/s1. The number of aliphatic hydroxyl groups is 2. The molecule has 90 valence electrons. The number of carbonyl (C=O) groups is 1. The molecule has 5 nitrogen and oxygen atoms in total. The lowest BCUT2D eigenvalue weighted by Crippen LogP contribution is -2.62. The van der Waals surface area contributed by atoms with E-state index in [1.807, 2.05) is 6.08 Å². The smallest absolute Gasteiger partial charge is 0.328 e. The lowest BCUT2D eigenvalue weighted by Gasteiger charge is -2.34. The summed E-state index contributed by atoms with van der Waals surface area (Å²) in [5.41, 5.74) is 3.63. The molecule has 1 saturated carbocycles. The third-order valence-electron chi connectivity index (χ3n) is 3.92. The van der Waals surface area contributed by atoms with Crippen molar-refractivity contribution in [1.82, 2.24) is 0 Å². The van der Waals surface area contributed by atoms with Gasteiger partial charge in [-0.25, -0.2) is 0 Å². The molecule has 2 aliphatic carbocycles. The third-order valence-corrected chi connectivity index (χ3v) is 3.92. The van der Waals surface area contributed by atoms with Crippen LogP contribution in [0, 0.1) is 17.8 Å². The summed E-state index contributed by atoms with van der Waals surface area (Å²) in [6.45, 7) is -0.749. The molecule has 0 radical (unpaired) electrons. The molecule has 1 fully saturated rings. The van der Waals surface area contributed by atoms with E-state index in [4.69, 9.17) is 15.9 Å². The summed E-state index contributed by atoms with van der Waals surface area (Å²) < 4.78 is 0. The number of hydrogen-bond donors (Lipinski definition) is 4. The van der Waals surface area contributed by atoms with E-state index in [0.717, 1.165) is 12.8 Å². The molecule has 0 heterocycles. The summed E-state index contributed by atoms with van der Waals surface area (Å²) in [4.78, 5) is 11.0. The molecule has 4 unspecified atom stereocenters. The van der Waals surface area contributed by atoms with Crippen LogP contribution in [0.2, 0.25) is 0 Å². The summed E-state index contributed by atoms with van der Waals surface area (Å²) in [6.07, 6.45) is 4.64. The van der Waals surface area contributed by atoms with E-state index < -0.39 is 24.2 Å². The van der Waals surface area contributed by atoms with Crippen LogP contribution in [0.15, 0.2) is 12.2 Å². The lowest BCUT2D eigenvalue weighted by molar-refractivity contribution is -0.152. The second-order valence-corrected chi connectivity index (χ2v) is 4.89. The Hall–Kier alpha value is -0.910. The van der Waals surface area contributed by atoms with E-state index in [1.165, 1.54) is 0 Å². The molecular weight excluding hydrogens is 210 g/mol. The molecule has 0 spiro atoms. The third kappa shape index (κ3) is 1.55. The Kier molecular flexibility index (Phi) is 2.77. The minimum Gasteiger partial charge on any atom is -0.480 e. The van der Waals surface area contributed by atoms with Crippen LogP contribution in [0.5, 0.6) is 0 Å². The molecule has 0 aromatic rings. The first-order valence-electron chi connectivity index (χ1n) is 5.48. The monoisotopic (exact) mass is 227 g/mol. The zero-order valence-electron chi connectivity index (χ0n) is 8.91. The number of allylic oxidation sites excluding steroid dienone is 2. The Morgan fingerprint density at radius 3 is 2.56 bits per heavy atom. The van der Waals surface area contributed by atoms with Crippen molar-refractivity contribution in [1.29, 1.82) is 0 Å². The van der Waals surface area contributed by atoms with Crippen molar-refractivity contribution in [2.75, 3.05) is 6.61 Å². The van der Waals surface area contributed by atoms with Gasteiger partial charge in [-0.1, -0.05) is 12.2 Å². The van der Waals surface area contributed by atoms with Gasteiger partial charge in [-0.2, -0.15) is 0 Å². The Morgan fingerprint density at radius 2 is 2.19 bits per heavy atom. The molecule has 0 saturated heterocycles. The van der Waals surface area contributed by atoms with Crippen molar-refractivity contribution in [2.45, 2.75) is 24.5 Å². The number of aliphatic hydroxyl groups excluding tert-OH is 2. The van der Waals surface area contributed by atoms with Gasteiger partial charge in [0.15, 0.2) is 5.54 Å². The number of carboxylic acid groups (broad SMARTS) is 1. The molecule has 0 aromatic heterocycles. The van der Waals surface area contributed by atoms with Gasteiger partial charge in [0.1, 0.15) is 0 Å². The van der Waals surface area contributed by atoms with E-state index in [9.17, 15) is 9.90 Å². The van der Waals surface area contributed by atoms with E-state index in [1.54, 1.807) is 0 Å². The van der Waals surface area contributed by atoms with E-state index in [0.29, 0.717) is 5.92 Å². The second-order valence-electron chi connectivity index (χ2n) is 4.89. The van der Waals surface area contributed by atoms with Crippen LogP contribution < -0.4 is 5.73 Å². The first kappa shape index (κ1) is 11.6. The Morgan fingerprint density at radius 1 is 1.50 bits per heavy atom. The van der Waals surface area contributed by atoms with E-state index >= 15 is 0 Å². The molecule has 2 aliphatic rings. The zero-order chi connectivity index (χ0) is 11.9. The molecule has 2 rings (SSSR count). The van der Waals surface area contributed by atoms with Crippen LogP contribution in [0.25, 0.3) is 0 Å². The SMILES string of the molecule is N[C@@](CO)(C(=O)O)C(O)C1CC2C=CC1C2. The normalized spacial score (nSPS) is 37.3. The lowest BCUT2D eigenvalue weighted by atomic mass is 9.78. The van der Waals surface area contributed by atoms with Crippen molar-refractivity contribution in [3.05, 3.63) is 12.2 Å². The molecule has 0 amide bonds. The van der Waals surface area contributed by atoms with Gasteiger partial charge in [0, 0.05) is 0 Å². The van der Waals surface area contributed by atoms with Crippen molar-refractivity contribution in [3.8, 4) is 0 Å². The fourth-order valence-corrected chi connectivity index (χ4v) is 2.86. The molecule has 0 aromatic carbocycles. The van der Waals surface area contributed by atoms with Gasteiger partial charge in [-0.15, -0.1) is 0 Å².